The number of carbonyl (C=O) groups is 3. The monoisotopic (exact) mass is 832 g/mol. The quantitative estimate of drug-likeness (QED) is 0.0553. The van der Waals surface area contributed by atoms with Gasteiger partial charge in [0.05, 0.1) is 7.11 Å². The largest absolute Gasteiger partial charge is 0.469 e. The van der Waals surface area contributed by atoms with Crippen molar-refractivity contribution in [2.75, 3.05) is 32.1 Å². The summed E-state index contributed by atoms with van der Waals surface area (Å²) in [4.78, 5) is 45.7. The van der Waals surface area contributed by atoms with Gasteiger partial charge < -0.3 is 19.9 Å². The van der Waals surface area contributed by atoms with Crippen LogP contribution in [0.1, 0.15) is 213 Å². The van der Waals surface area contributed by atoms with Crippen molar-refractivity contribution in [1.82, 2.24) is 9.80 Å². The number of piperidine rings is 1. The molecule has 0 aromatic heterocycles. The van der Waals surface area contributed by atoms with Gasteiger partial charge in [0.15, 0.2) is 0 Å². The van der Waals surface area contributed by atoms with Crippen LogP contribution in [0.2, 0.25) is 0 Å². The Morgan fingerprint density at radius 3 is 1.63 bits per heavy atom. The van der Waals surface area contributed by atoms with Crippen molar-refractivity contribution in [3.63, 3.8) is 0 Å². The number of ether oxygens (including phenoxy) is 1. The van der Waals surface area contributed by atoms with E-state index >= 15 is 0 Å². The zero-order valence-electron chi connectivity index (χ0n) is 39.1. The number of methoxy groups -OCH3 is 1. The van der Waals surface area contributed by atoms with Crippen LogP contribution in [0.25, 0.3) is 10.8 Å². The zero-order valence-corrected chi connectivity index (χ0v) is 39.1. The number of likely N-dealkylation sites (tertiary alicyclic amines) is 1. The number of nitrogens with one attached hydrogen (secondary N) is 1. The van der Waals surface area contributed by atoms with E-state index in [-0.39, 0.29) is 29.7 Å². The fourth-order valence-electron chi connectivity index (χ4n) is 9.51. The van der Waals surface area contributed by atoms with Crippen molar-refractivity contribution >= 4 is 34.2 Å². The third-order valence-corrected chi connectivity index (χ3v) is 13.3. The van der Waals surface area contributed by atoms with Gasteiger partial charge in [-0.1, -0.05) is 192 Å². The molecule has 2 aromatic rings. The fraction of sp³-hybridized carbons (Fsp3) is 0.755. The van der Waals surface area contributed by atoms with Crippen molar-refractivity contribution in [3.8, 4) is 0 Å². The van der Waals surface area contributed by atoms with E-state index < -0.39 is 6.04 Å². The summed E-state index contributed by atoms with van der Waals surface area (Å²) in [5.41, 5.74) is 0.821. The molecule has 0 saturated carbocycles. The van der Waals surface area contributed by atoms with Gasteiger partial charge in [0.25, 0.3) is 0 Å². The predicted octanol–water partition coefficient (Wildman–Crippen LogP) is 14.2. The highest BCUT2D eigenvalue weighted by Gasteiger charge is 2.41. The summed E-state index contributed by atoms with van der Waals surface area (Å²) >= 11 is 0. The number of nitrogens with zero attached hydrogens (tertiary/aromatic N) is 2. The number of esters is 1. The molecule has 1 fully saturated rings. The topological polar surface area (TPSA) is 78.9 Å². The second-order valence-corrected chi connectivity index (χ2v) is 18.2. The van der Waals surface area contributed by atoms with Crippen LogP contribution in [0.5, 0.6) is 0 Å². The van der Waals surface area contributed by atoms with Gasteiger partial charge in [-0.3, -0.25) is 14.4 Å². The summed E-state index contributed by atoms with van der Waals surface area (Å²) < 4.78 is 4.73. The van der Waals surface area contributed by atoms with Gasteiger partial charge in [-0.15, -0.1) is 0 Å². The molecule has 340 valence electrons. The second kappa shape index (κ2) is 32.7. The summed E-state index contributed by atoms with van der Waals surface area (Å²) in [6.45, 7) is 9.78. The van der Waals surface area contributed by atoms with Crippen LogP contribution in [0.4, 0.5) is 5.69 Å². The van der Waals surface area contributed by atoms with E-state index in [2.05, 4.69) is 72.3 Å². The van der Waals surface area contributed by atoms with E-state index in [0.717, 1.165) is 100 Å². The standard InChI is InChI=1S/C53H89N3O4/c1-5-8-10-22-26-34-49(35-27-23-11-9-6-2)56(50(57)36-28-24-20-18-16-14-12-13-15-17-19-21-25-29-37-51(58)60-4)52(46-40-42-55(7-3)43-41-46)53(59)54-48-39-38-45-32-30-31-33-47(45)44-48/h30-33,38-39,44,46,49,52H,5-29,34-37,40-43H2,1-4H3,(H,54,59). The Hall–Kier alpha value is -2.93. The molecule has 0 aliphatic carbocycles. The molecule has 60 heavy (non-hydrogen) atoms. The summed E-state index contributed by atoms with van der Waals surface area (Å²) in [5, 5.41) is 5.66. The smallest absolute Gasteiger partial charge is 0.305 e. The van der Waals surface area contributed by atoms with Gasteiger partial charge in [0.1, 0.15) is 6.04 Å². The Morgan fingerprint density at radius 1 is 0.633 bits per heavy atom. The molecule has 1 aliphatic rings. The van der Waals surface area contributed by atoms with Crippen LogP contribution in [0, 0.1) is 5.92 Å². The van der Waals surface area contributed by atoms with Gasteiger partial charge in [0, 0.05) is 24.6 Å². The third-order valence-electron chi connectivity index (χ3n) is 13.3. The number of rotatable bonds is 35. The van der Waals surface area contributed by atoms with Crippen molar-refractivity contribution in [1.29, 1.82) is 0 Å². The number of amides is 2. The van der Waals surface area contributed by atoms with Crippen LogP contribution in [0.3, 0.4) is 0 Å². The van der Waals surface area contributed by atoms with Crippen molar-refractivity contribution < 1.29 is 19.1 Å². The molecule has 1 atom stereocenters. The summed E-state index contributed by atoms with van der Waals surface area (Å²) in [6, 6.07) is 14.2. The average molecular weight is 832 g/mol. The minimum absolute atomic E-state index is 0.00572. The lowest BCUT2D eigenvalue weighted by molar-refractivity contribution is -0.145. The van der Waals surface area contributed by atoms with Gasteiger partial charge in [-0.2, -0.15) is 0 Å². The lowest BCUT2D eigenvalue weighted by Crippen LogP contribution is -2.57. The first-order chi connectivity index (χ1) is 29.4. The van der Waals surface area contributed by atoms with Crippen LogP contribution >= 0.6 is 0 Å². The fourth-order valence-corrected chi connectivity index (χ4v) is 9.51. The number of unbranched alkanes of at least 4 members (excludes halogenated alkanes) is 21. The SMILES string of the molecule is CCCCCCCC(CCCCCCC)N(C(=O)CCCCCCCCCCCCCCCCC(=O)OC)C(C(=O)Nc1ccc2ccccc2c1)C1CCN(CC)CC1. The molecule has 1 unspecified atom stereocenters. The predicted molar refractivity (Wildman–Crippen MR) is 254 cm³/mol. The molecule has 1 aliphatic heterocycles. The minimum Gasteiger partial charge on any atom is -0.469 e. The molecule has 1 saturated heterocycles. The van der Waals surface area contributed by atoms with Crippen molar-refractivity contribution in [3.05, 3.63) is 42.5 Å². The van der Waals surface area contributed by atoms with Crippen LogP contribution in [-0.2, 0) is 19.1 Å². The Labute approximate surface area is 367 Å². The highest BCUT2D eigenvalue weighted by molar-refractivity contribution is 5.99. The van der Waals surface area contributed by atoms with Gasteiger partial charge in [0.2, 0.25) is 11.8 Å². The molecule has 3 rings (SSSR count). The number of benzene rings is 2. The molecule has 1 N–H and O–H groups in total. The molecule has 7 nitrogen and oxygen atoms in total. The minimum atomic E-state index is -0.453. The molecule has 0 bridgehead atoms. The number of fused-ring (bicyclic) bond motifs is 1. The van der Waals surface area contributed by atoms with E-state index in [9.17, 15) is 14.4 Å². The van der Waals surface area contributed by atoms with E-state index in [0.29, 0.717) is 12.8 Å². The molecule has 1 heterocycles. The number of carbonyl (C=O) groups excluding carboxylic acids is 3. The van der Waals surface area contributed by atoms with E-state index in [1.165, 1.54) is 123 Å². The van der Waals surface area contributed by atoms with Crippen molar-refractivity contribution in [2.45, 2.75) is 225 Å². The average Bonchev–Trinajstić information content (AvgIpc) is 3.27. The van der Waals surface area contributed by atoms with Gasteiger partial charge in [-0.05, 0) is 87.0 Å². The van der Waals surface area contributed by atoms with Crippen molar-refractivity contribution in [2.24, 2.45) is 5.92 Å². The van der Waals surface area contributed by atoms with E-state index in [1.54, 1.807) is 0 Å². The number of hydrogen-bond donors (Lipinski definition) is 1. The van der Waals surface area contributed by atoms with Gasteiger partial charge in [-0.25, -0.2) is 0 Å². The highest BCUT2D eigenvalue weighted by Crippen LogP contribution is 2.32. The normalized spacial score (nSPS) is 14.2. The Kier molecular flexibility index (Phi) is 28.1. The summed E-state index contributed by atoms with van der Waals surface area (Å²) in [5.74, 6) is 0.277. The molecule has 0 radical (unpaired) electrons. The number of anilines is 1. The van der Waals surface area contributed by atoms with Crippen LogP contribution in [0.15, 0.2) is 42.5 Å². The van der Waals surface area contributed by atoms with E-state index in [1.807, 2.05) is 6.07 Å². The maximum atomic E-state index is 14.9. The first-order valence-corrected chi connectivity index (χ1v) is 25.3. The second-order valence-electron chi connectivity index (χ2n) is 18.2. The zero-order chi connectivity index (χ0) is 43.0. The molecule has 2 amide bonds. The summed E-state index contributed by atoms with van der Waals surface area (Å²) in [7, 11) is 1.47. The Morgan fingerprint density at radius 2 is 1.12 bits per heavy atom. The Bertz CT molecular complexity index is 1410. The number of hydrogen-bond acceptors (Lipinski definition) is 5. The first kappa shape index (κ1) is 51.4. The first-order valence-electron chi connectivity index (χ1n) is 25.3. The highest BCUT2D eigenvalue weighted by atomic mass is 16.5. The summed E-state index contributed by atoms with van der Waals surface area (Å²) in [6.07, 6.45) is 33.9. The molecular formula is C53H89N3O4. The van der Waals surface area contributed by atoms with Crippen LogP contribution in [-0.4, -0.2) is 66.4 Å². The van der Waals surface area contributed by atoms with E-state index in [4.69, 9.17) is 4.74 Å². The molecule has 2 aromatic carbocycles. The maximum absolute atomic E-state index is 14.9. The molecule has 0 spiro atoms. The lowest BCUT2D eigenvalue weighted by Gasteiger charge is -2.44. The molecular weight excluding hydrogens is 743 g/mol. The van der Waals surface area contributed by atoms with Gasteiger partial charge >= 0.3 is 5.97 Å². The Balaban J connectivity index is 1.65. The third kappa shape index (κ3) is 20.8. The molecule has 7 heteroatoms. The van der Waals surface area contributed by atoms with Crippen LogP contribution < -0.4 is 5.32 Å². The lowest BCUT2D eigenvalue weighted by atomic mass is 9.85. The maximum Gasteiger partial charge on any atom is 0.305 e.